The Hall–Kier alpha value is -2.28. The Balaban J connectivity index is 2.05. The van der Waals surface area contributed by atoms with Crippen molar-refractivity contribution in [2.75, 3.05) is 54.5 Å². The van der Waals surface area contributed by atoms with Crippen LogP contribution in [0.25, 0.3) is 12.2 Å². The Kier molecular flexibility index (Phi) is 9.25. The van der Waals surface area contributed by atoms with Crippen molar-refractivity contribution >= 4 is 24.5 Å². The second-order valence-electron chi connectivity index (χ2n) is 7.72. The van der Waals surface area contributed by atoms with E-state index in [4.69, 9.17) is 9.47 Å². The second-order valence-corrected chi connectivity index (χ2v) is 7.72. The zero-order valence-corrected chi connectivity index (χ0v) is 18.3. The van der Waals surface area contributed by atoms with Crippen LogP contribution in [0.2, 0.25) is 6.82 Å². The average Bonchev–Trinajstić information content (AvgIpc) is 2.66. The first-order valence-corrected chi connectivity index (χ1v) is 10.00. The van der Waals surface area contributed by atoms with Gasteiger partial charge in [-0.2, -0.15) is 0 Å². The molecule has 0 atom stereocenters. The molecule has 0 radical (unpaired) electrons. The van der Waals surface area contributed by atoms with Gasteiger partial charge in [0, 0.05) is 13.1 Å². The molecule has 6 heteroatoms. The van der Waals surface area contributed by atoms with Gasteiger partial charge in [0.05, 0.1) is 0 Å². The highest BCUT2D eigenvalue weighted by Gasteiger charge is 2.09. The minimum absolute atomic E-state index is 0.543. The smallest absolute Gasteiger partial charge is 0.320 e. The van der Waals surface area contributed by atoms with E-state index in [9.17, 15) is 5.02 Å². The van der Waals surface area contributed by atoms with Gasteiger partial charge in [-0.25, -0.2) is 0 Å². The minimum Gasteiger partial charge on any atom is -0.492 e. The molecule has 0 heterocycles. The molecular formula is C23H33BN2O3. The molecule has 2 aromatic rings. The molecule has 0 aliphatic carbocycles. The molecule has 0 aromatic heterocycles. The Labute approximate surface area is 175 Å². The predicted molar refractivity (Wildman–Crippen MR) is 123 cm³/mol. The summed E-state index contributed by atoms with van der Waals surface area (Å²) in [5, 5.41) is 10.0. The second kappa shape index (κ2) is 11.7. The van der Waals surface area contributed by atoms with Crippen LogP contribution in [-0.4, -0.2) is 76.2 Å². The Bertz CT molecular complexity index is 774. The van der Waals surface area contributed by atoms with Crippen molar-refractivity contribution in [3.05, 3.63) is 53.6 Å². The number of nitrogens with zero attached hydrogens (tertiary/aromatic N) is 2. The SMILES string of the molecule is CB(O)c1cc(/C=C/c2ccc(OCCN(C)C)cc2)cc(OCCN(C)C)c1. The van der Waals surface area contributed by atoms with Crippen LogP contribution in [0, 0.1) is 0 Å². The fraction of sp³-hybridized carbons (Fsp3) is 0.391. The molecule has 0 fully saturated rings. The van der Waals surface area contributed by atoms with Crippen LogP contribution in [0.3, 0.4) is 0 Å². The quantitative estimate of drug-likeness (QED) is 0.467. The van der Waals surface area contributed by atoms with E-state index in [0.717, 1.165) is 41.2 Å². The maximum absolute atomic E-state index is 10.0. The summed E-state index contributed by atoms with van der Waals surface area (Å²) in [6, 6.07) is 13.9. The van der Waals surface area contributed by atoms with E-state index in [1.54, 1.807) is 6.82 Å². The lowest BCUT2D eigenvalue weighted by Crippen LogP contribution is -2.27. The number of likely N-dealkylation sites (N-methyl/N-ethyl adjacent to an activating group) is 2. The van der Waals surface area contributed by atoms with E-state index in [0.29, 0.717) is 13.2 Å². The topological polar surface area (TPSA) is 45.2 Å². The molecule has 2 rings (SSSR count). The van der Waals surface area contributed by atoms with Crippen molar-refractivity contribution in [3.8, 4) is 11.5 Å². The van der Waals surface area contributed by atoms with Gasteiger partial charge in [-0.3, -0.25) is 0 Å². The van der Waals surface area contributed by atoms with Crippen LogP contribution in [0.4, 0.5) is 0 Å². The molecule has 1 N–H and O–H groups in total. The number of hydrogen-bond donors (Lipinski definition) is 1. The Morgan fingerprint density at radius 2 is 1.34 bits per heavy atom. The molecule has 0 amide bonds. The molecule has 0 saturated carbocycles. The number of hydrogen-bond acceptors (Lipinski definition) is 5. The Morgan fingerprint density at radius 3 is 1.90 bits per heavy atom. The van der Waals surface area contributed by atoms with Gasteiger partial charge in [0.15, 0.2) is 0 Å². The highest BCUT2D eigenvalue weighted by Crippen LogP contribution is 2.17. The van der Waals surface area contributed by atoms with Crippen molar-refractivity contribution in [3.63, 3.8) is 0 Å². The third kappa shape index (κ3) is 8.73. The molecule has 0 bridgehead atoms. The van der Waals surface area contributed by atoms with Gasteiger partial charge in [-0.15, -0.1) is 0 Å². The van der Waals surface area contributed by atoms with Crippen molar-refractivity contribution in [1.82, 2.24) is 9.80 Å². The summed E-state index contributed by atoms with van der Waals surface area (Å²) in [6.45, 7) is 4.23. The zero-order valence-electron chi connectivity index (χ0n) is 18.3. The largest absolute Gasteiger partial charge is 0.492 e. The molecule has 0 spiro atoms. The molecule has 29 heavy (non-hydrogen) atoms. The summed E-state index contributed by atoms with van der Waals surface area (Å²) in [4.78, 5) is 4.17. The maximum Gasteiger partial charge on any atom is 0.320 e. The number of rotatable bonds is 11. The highest BCUT2D eigenvalue weighted by molar-refractivity contribution is 6.64. The normalized spacial score (nSPS) is 11.4. The highest BCUT2D eigenvalue weighted by atomic mass is 16.5. The molecule has 2 aromatic carbocycles. The van der Waals surface area contributed by atoms with E-state index in [2.05, 4.69) is 9.80 Å². The minimum atomic E-state index is -0.543. The summed E-state index contributed by atoms with van der Waals surface area (Å²) < 4.78 is 11.6. The average molecular weight is 396 g/mol. The van der Waals surface area contributed by atoms with E-state index in [-0.39, 0.29) is 0 Å². The maximum atomic E-state index is 10.0. The van der Waals surface area contributed by atoms with Gasteiger partial charge >= 0.3 is 6.92 Å². The third-order valence-electron chi connectivity index (χ3n) is 4.40. The fourth-order valence-corrected chi connectivity index (χ4v) is 2.63. The molecule has 0 unspecified atom stereocenters. The van der Waals surface area contributed by atoms with Gasteiger partial charge in [0.25, 0.3) is 0 Å². The lowest BCUT2D eigenvalue weighted by atomic mass is 9.64. The molecule has 0 aliphatic heterocycles. The standard InChI is InChI=1S/C23H33BN2O3/c1-24(27)21-16-20(17-23(18-21)29-15-13-26(4)5)7-6-19-8-10-22(11-9-19)28-14-12-25(2)3/h6-11,16-18,27H,12-15H2,1-5H3/b7-6+. The summed E-state index contributed by atoms with van der Waals surface area (Å²) >= 11 is 0. The van der Waals surface area contributed by atoms with E-state index in [1.165, 1.54) is 0 Å². The van der Waals surface area contributed by atoms with Crippen molar-refractivity contribution in [1.29, 1.82) is 0 Å². The first-order valence-electron chi connectivity index (χ1n) is 10.00. The van der Waals surface area contributed by atoms with Gasteiger partial charge in [-0.1, -0.05) is 37.2 Å². The summed E-state index contributed by atoms with van der Waals surface area (Å²) in [5.74, 6) is 1.64. The fourth-order valence-electron chi connectivity index (χ4n) is 2.63. The van der Waals surface area contributed by atoms with Gasteiger partial charge in [0.2, 0.25) is 0 Å². The zero-order chi connectivity index (χ0) is 21.2. The van der Waals surface area contributed by atoms with Crippen LogP contribution in [0.5, 0.6) is 11.5 Å². The van der Waals surface area contributed by atoms with Crippen LogP contribution in [-0.2, 0) is 0 Å². The first kappa shape index (κ1) is 23.0. The molecule has 156 valence electrons. The molecule has 5 nitrogen and oxygen atoms in total. The van der Waals surface area contributed by atoms with Crippen LogP contribution in [0.15, 0.2) is 42.5 Å². The summed E-state index contributed by atoms with van der Waals surface area (Å²) in [5.41, 5.74) is 2.92. The van der Waals surface area contributed by atoms with Crippen LogP contribution >= 0.6 is 0 Å². The third-order valence-corrected chi connectivity index (χ3v) is 4.40. The van der Waals surface area contributed by atoms with Gasteiger partial charge in [-0.05, 0) is 69.0 Å². The summed E-state index contributed by atoms with van der Waals surface area (Å²) in [7, 11) is 8.09. The lowest BCUT2D eigenvalue weighted by Gasteiger charge is -2.13. The first-order chi connectivity index (χ1) is 13.8. The number of ether oxygens (including phenoxy) is 2. The van der Waals surface area contributed by atoms with Crippen LogP contribution < -0.4 is 14.9 Å². The molecule has 0 saturated heterocycles. The van der Waals surface area contributed by atoms with E-state index >= 15 is 0 Å². The predicted octanol–water partition coefficient (Wildman–Crippen LogP) is 2.56. The summed E-state index contributed by atoms with van der Waals surface area (Å²) in [6.07, 6.45) is 4.08. The van der Waals surface area contributed by atoms with Crippen LogP contribution in [0.1, 0.15) is 11.1 Å². The molecule has 0 aliphatic rings. The van der Waals surface area contributed by atoms with Gasteiger partial charge < -0.3 is 24.3 Å². The van der Waals surface area contributed by atoms with Crippen molar-refractivity contribution < 1.29 is 14.5 Å². The Morgan fingerprint density at radius 1 is 0.793 bits per heavy atom. The lowest BCUT2D eigenvalue weighted by molar-refractivity contribution is 0.261. The van der Waals surface area contributed by atoms with Crippen molar-refractivity contribution in [2.45, 2.75) is 6.82 Å². The monoisotopic (exact) mass is 396 g/mol. The van der Waals surface area contributed by atoms with Crippen molar-refractivity contribution in [2.24, 2.45) is 0 Å². The number of benzene rings is 2. The van der Waals surface area contributed by atoms with E-state index in [1.807, 2.05) is 82.8 Å². The van der Waals surface area contributed by atoms with Gasteiger partial charge in [0.1, 0.15) is 24.7 Å². The molecular weight excluding hydrogens is 363 g/mol. The van der Waals surface area contributed by atoms with E-state index < -0.39 is 6.92 Å².